The van der Waals surface area contributed by atoms with Crippen molar-refractivity contribution in [2.75, 3.05) is 0 Å². The second-order valence-corrected chi connectivity index (χ2v) is 8.54. The van der Waals surface area contributed by atoms with Crippen LogP contribution >= 0.6 is 0 Å². The second-order valence-electron chi connectivity index (χ2n) is 8.54. The first-order chi connectivity index (χ1) is 21.5. The second kappa shape index (κ2) is 6.94. The number of hydrogen-bond acceptors (Lipinski definition) is 1. The van der Waals surface area contributed by atoms with Gasteiger partial charge in [-0.2, -0.15) is 0 Å². The molecule has 1 heteroatoms. The van der Waals surface area contributed by atoms with Crippen molar-refractivity contribution in [1.29, 1.82) is 0 Å². The molecule has 0 aliphatic carbocycles. The van der Waals surface area contributed by atoms with Gasteiger partial charge < -0.3 is 4.42 Å². The molecule has 0 bridgehead atoms. The molecule has 1 nitrogen and oxygen atoms in total. The van der Waals surface area contributed by atoms with E-state index >= 15 is 0 Å². The highest BCUT2D eigenvalue weighted by Crippen LogP contribution is 2.40. The number of furan rings is 1. The number of hydrogen-bond donors (Lipinski definition) is 0. The molecule has 7 aromatic carbocycles. The lowest BCUT2D eigenvalue weighted by molar-refractivity contribution is 0.673. The summed E-state index contributed by atoms with van der Waals surface area (Å²) >= 11 is 0. The van der Waals surface area contributed by atoms with Gasteiger partial charge in [-0.1, -0.05) is 90.8 Å². The van der Waals surface area contributed by atoms with E-state index in [4.69, 9.17) is 15.4 Å². The van der Waals surface area contributed by atoms with Crippen molar-refractivity contribution < 1.29 is 18.1 Å². The largest absolute Gasteiger partial charge is 0.455 e. The summed E-state index contributed by atoms with van der Waals surface area (Å²) in [5, 5.41) is 3.31. The van der Waals surface area contributed by atoms with Gasteiger partial charge in [-0.3, -0.25) is 0 Å². The quantitative estimate of drug-likeness (QED) is 0.178. The molecule has 0 atom stereocenters. The molecule has 0 radical (unpaired) electrons. The van der Waals surface area contributed by atoms with Crippen molar-refractivity contribution in [1.82, 2.24) is 0 Å². The molecule has 0 aliphatic rings. The van der Waals surface area contributed by atoms with Gasteiger partial charge in [-0.15, -0.1) is 0 Å². The van der Waals surface area contributed by atoms with Crippen LogP contribution in [-0.4, -0.2) is 0 Å². The Morgan fingerprint density at radius 1 is 0.543 bits per heavy atom. The van der Waals surface area contributed by atoms with E-state index < -0.39 is 36.3 Å². The molecule has 35 heavy (non-hydrogen) atoms. The average Bonchev–Trinajstić information content (AvgIpc) is 3.43. The molecule has 0 amide bonds. The van der Waals surface area contributed by atoms with E-state index in [2.05, 4.69) is 0 Å². The van der Waals surface area contributed by atoms with Gasteiger partial charge in [-0.05, 0) is 79.1 Å². The van der Waals surface area contributed by atoms with Gasteiger partial charge >= 0.3 is 0 Å². The van der Waals surface area contributed by atoms with Gasteiger partial charge in [0.1, 0.15) is 11.2 Å². The minimum Gasteiger partial charge on any atom is -0.455 e. The predicted octanol–water partition coefficient (Wildman–Crippen LogP) is 9.87. The Morgan fingerprint density at radius 2 is 1.43 bits per heavy atom. The Labute approximate surface area is 215 Å². The van der Waals surface area contributed by atoms with Crippen molar-refractivity contribution in [3.63, 3.8) is 0 Å². The van der Waals surface area contributed by atoms with Crippen LogP contribution in [0.2, 0.25) is 0 Å². The van der Waals surface area contributed by atoms with Crippen molar-refractivity contribution in [3.8, 4) is 11.1 Å². The van der Waals surface area contributed by atoms with Crippen molar-refractivity contribution in [3.05, 3.63) is 121 Å². The van der Waals surface area contributed by atoms with Gasteiger partial charge in [0.15, 0.2) is 0 Å². The van der Waals surface area contributed by atoms with E-state index in [1.807, 2.05) is 42.5 Å². The highest BCUT2D eigenvalue weighted by atomic mass is 16.3. The molecule has 0 saturated carbocycles. The topological polar surface area (TPSA) is 13.1 Å². The first kappa shape index (κ1) is 11.7. The van der Waals surface area contributed by atoms with Gasteiger partial charge in [-0.25, -0.2) is 0 Å². The van der Waals surface area contributed by atoms with Crippen LogP contribution in [0, 0.1) is 0 Å². The van der Waals surface area contributed by atoms with Crippen molar-refractivity contribution in [2.45, 2.75) is 0 Å². The molecular weight excluding hydrogens is 424 g/mol. The molecule has 0 spiro atoms. The summed E-state index contributed by atoms with van der Waals surface area (Å²) in [4.78, 5) is 0. The maximum Gasteiger partial charge on any atom is 0.143 e. The molecule has 0 unspecified atom stereocenters. The van der Waals surface area contributed by atoms with Crippen LogP contribution in [0.3, 0.4) is 0 Å². The van der Waals surface area contributed by atoms with E-state index in [1.165, 1.54) is 6.07 Å². The third-order valence-corrected chi connectivity index (χ3v) is 6.58. The number of benzene rings is 7. The highest BCUT2D eigenvalue weighted by molar-refractivity contribution is 6.19. The van der Waals surface area contributed by atoms with Crippen LogP contribution < -0.4 is 0 Å². The minimum absolute atomic E-state index is 0.0156. The Morgan fingerprint density at radius 3 is 2.43 bits per heavy atom. The molecule has 0 saturated heterocycles. The predicted molar refractivity (Wildman–Crippen MR) is 149 cm³/mol. The molecule has 0 N–H and O–H groups in total. The average molecular weight is 455 g/mol. The molecule has 1 heterocycles. The summed E-state index contributed by atoms with van der Waals surface area (Å²) in [5.41, 5.74) is 1.82. The van der Waals surface area contributed by atoms with Crippen molar-refractivity contribution >= 4 is 65.0 Å². The summed E-state index contributed by atoms with van der Waals surface area (Å²) in [7, 11) is 0. The lowest BCUT2D eigenvalue weighted by Crippen LogP contribution is -1.83. The first-order valence-corrected chi connectivity index (χ1v) is 11.2. The smallest absolute Gasteiger partial charge is 0.143 e. The number of rotatable bonds is 1. The SMILES string of the molecule is [2H]c1c(-c2cccc3oc4c5ccccc5ccc4c23)c([2H])c2c([2H])c3c([2H])c([2H])c4c([2H])c([2H])c([2H])c([2H])c4c3cc2c1[2H]. The molecule has 1 aromatic heterocycles. The zero-order valence-electron chi connectivity index (χ0n) is 28.2. The summed E-state index contributed by atoms with van der Waals surface area (Å²) in [6.07, 6.45) is 0. The van der Waals surface area contributed by atoms with E-state index in [1.54, 1.807) is 12.1 Å². The molecule has 8 aromatic rings. The fourth-order valence-corrected chi connectivity index (χ4v) is 4.96. The Balaban J connectivity index is 1.54. The van der Waals surface area contributed by atoms with Crippen LogP contribution in [0.15, 0.2) is 126 Å². The Kier molecular flexibility index (Phi) is 2.32. The van der Waals surface area contributed by atoms with Crippen LogP contribution in [0.25, 0.3) is 76.2 Å². The fraction of sp³-hybridized carbons (Fsp3) is 0. The molecule has 8 rings (SSSR count). The zero-order chi connectivity index (χ0) is 31.6. The van der Waals surface area contributed by atoms with Crippen LogP contribution in [-0.2, 0) is 0 Å². The zero-order valence-corrected chi connectivity index (χ0v) is 18.2. The standard InChI is InChI=1S/C34H20O/c1-3-8-27-21(6-1)12-14-25-19-26-18-24(15-13-23(26)20-31(25)27)28-10-5-11-32-33(28)30-17-16-22-7-2-4-9-29(22)34(30)35-32/h1-20H/i1D,3D,6D,8D,12D,13D,14D,15D,18D,19D. The summed E-state index contributed by atoms with van der Waals surface area (Å²) < 4.78 is 93.7. The van der Waals surface area contributed by atoms with E-state index in [0.29, 0.717) is 22.1 Å². The first-order valence-electron chi connectivity index (χ1n) is 16.2. The number of fused-ring (bicyclic) bond motifs is 9. The fourth-order valence-electron chi connectivity index (χ4n) is 4.96. The third-order valence-electron chi connectivity index (χ3n) is 6.58. The van der Waals surface area contributed by atoms with Crippen LogP contribution in [0.1, 0.15) is 13.7 Å². The summed E-state index contributed by atoms with van der Waals surface area (Å²) in [6, 6.07) is 14.6. The van der Waals surface area contributed by atoms with E-state index in [0.717, 1.165) is 16.2 Å². The maximum absolute atomic E-state index is 9.34. The lowest BCUT2D eigenvalue weighted by Gasteiger charge is -2.09. The van der Waals surface area contributed by atoms with Crippen molar-refractivity contribution in [2.24, 2.45) is 0 Å². The van der Waals surface area contributed by atoms with Crippen LogP contribution in [0.5, 0.6) is 0 Å². The minimum atomic E-state index is -0.534. The normalized spacial score (nSPS) is 16.0. The molecule has 0 fully saturated rings. The molecule has 162 valence electrons. The van der Waals surface area contributed by atoms with E-state index in [-0.39, 0.29) is 62.1 Å². The van der Waals surface area contributed by atoms with E-state index in [9.17, 15) is 2.74 Å². The maximum atomic E-state index is 9.34. The third kappa shape index (κ3) is 2.70. The molecular formula is C34H20O. The van der Waals surface area contributed by atoms with Crippen LogP contribution in [0.4, 0.5) is 0 Å². The summed E-state index contributed by atoms with van der Waals surface area (Å²) in [6.45, 7) is 0. The summed E-state index contributed by atoms with van der Waals surface area (Å²) in [5.74, 6) is 0. The van der Waals surface area contributed by atoms with Gasteiger partial charge in [0.25, 0.3) is 0 Å². The van der Waals surface area contributed by atoms with Gasteiger partial charge in [0.05, 0.1) is 13.7 Å². The monoisotopic (exact) mass is 454 g/mol. The molecule has 0 aliphatic heterocycles. The van der Waals surface area contributed by atoms with Gasteiger partial charge in [0, 0.05) is 16.2 Å². The highest BCUT2D eigenvalue weighted by Gasteiger charge is 2.15. The Hall–Kier alpha value is -4.62. The Bertz CT molecular complexity index is 2660. The lowest BCUT2D eigenvalue weighted by atomic mass is 9.94. The van der Waals surface area contributed by atoms with Gasteiger partial charge in [0.2, 0.25) is 0 Å².